The van der Waals surface area contributed by atoms with Gasteiger partial charge in [-0.15, -0.1) is 0 Å². The number of carbonyl (C=O) groups excluding carboxylic acids is 3. The van der Waals surface area contributed by atoms with Crippen LogP contribution >= 0.6 is 0 Å². The molecule has 1 saturated carbocycles. The lowest BCUT2D eigenvalue weighted by molar-refractivity contribution is -0.812. The Hall–Kier alpha value is -1.81. The number of quaternary nitrogens is 1. The van der Waals surface area contributed by atoms with Crippen molar-refractivity contribution in [2.24, 2.45) is 5.41 Å². The van der Waals surface area contributed by atoms with Crippen molar-refractivity contribution >= 4 is 17.9 Å². The lowest BCUT2D eigenvalue weighted by Gasteiger charge is -2.43. The molecule has 2 aliphatic rings. The summed E-state index contributed by atoms with van der Waals surface area (Å²) < 4.78 is 39.0. The minimum Gasteiger partial charge on any atom is -0.444 e. The van der Waals surface area contributed by atoms with Gasteiger partial charge in [0, 0.05) is 39.0 Å². The van der Waals surface area contributed by atoms with Gasteiger partial charge in [-0.1, -0.05) is 0 Å². The molecule has 0 aromatic heterocycles. The molecule has 2 fully saturated rings. The molecule has 1 heterocycles. The van der Waals surface area contributed by atoms with E-state index in [2.05, 4.69) is 0 Å². The summed E-state index contributed by atoms with van der Waals surface area (Å²) in [7, 11) is 5.09. The molecular formula is C26H46F2N3O5+. The zero-order valence-corrected chi connectivity index (χ0v) is 23.5. The Bertz CT molecular complexity index is 815. The van der Waals surface area contributed by atoms with Gasteiger partial charge in [0.25, 0.3) is 0 Å². The summed E-state index contributed by atoms with van der Waals surface area (Å²) in [5.41, 5.74) is -1.66. The van der Waals surface area contributed by atoms with Crippen LogP contribution in [0.4, 0.5) is 13.6 Å². The summed E-state index contributed by atoms with van der Waals surface area (Å²) in [5, 5.41) is 0. The third kappa shape index (κ3) is 7.15. The van der Waals surface area contributed by atoms with E-state index in [1.54, 1.807) is 53.6 Å². The van der Waals surface area contributed by atoms with Gasteiger partial charge in [-0.3, -0.25) is 14.2 Å². The molecule has 0 aromatic carbocycles. The van der Waals surface area contributed by atoms with Gasteiger partial charge in [0.15, 0.2) is 6.04 Å². The number of likely N-dealkylation sites (N-methyl/N-ethyl adjacent to an activating group) is 1. The van der Waals surface area contributed by atoms with Crippen molar-refractivity contribution in [3.63, 3.8) is 0 Å². The molecule has 2 atom stereocenters. The molecule has 3 amide bonds. The van der Waals surface area contributed by atoms with Crippen molar-refractivity contribution in [3.05, 3.63) is 0 Å². The van der Waals surface area contributed by atoms with Gasteiger partial charge in [0.2, 0.25) is 11.8 Å². The summed E-state index contributed by atoms with van der Waals surface area (Å²) in [5.74, 6) is -3.11. The summed E-state index contributed by atoms with van der Waals surface area (Å²) in [6.07, 6.45) is -0.632. The lowest BCUT2D eigenvalue weighted by Crippen LogP contribution is -2.55. The number of ether oxygens (including phenoxy) is 2. The molecule has 2 rings (SSSR count). The van der Waals surface area contributed by atoms with E-state index in [0.29, 0.717) is 6.54 Å². The van der Waals surface area contributed by atoms with Gasteiger partial charge in [0.1, 0.15) is 5.60 Å². The fourth-order valence-electron chi connectivity index (χ4n) is 5.04. The van der Waals surface area contributed by atoms with Gasteiger partial charge in [-0.25, -0.2) is 18.4 Å². The maximum atomic E-state index is 14.0. The van der Waals surface area contributed by atoms with Crippen molar-refractivity contribution < 1.29 is 37.1 Å². The van der Waals surface area contributed by atoms with Gasteiger partial charge >= 0.3 is 12.0 Å². The molecule has 0 N–H and O–H groups in total. The Kier molecular flexibility index (Phi) is 9.20. The first-order chi connectivity index (χ1) is 16.3. The van der Waals surface area contributed by atoms with Gasteiger partial charge in [-0.05, 0) is 54.4 Å². The zero-order valence-electron chi connectivity index (χ0n) is 23.5. The number of amides is 3. The molecule has 36 heavy (non-hydrogen) atoms. The normalized spacial score (nSPS) is 23.5. The van der Waals surface area contributed by atoms with Crippen molar-refractivity contribution in [1.29, 1.82) is 0 Å². The number of likely N-dealkylation sites (tertiary alicyclic amines) is 1. The smallest absolute Gasteiger partial charge is 0.411 e. The minimum absolute atomic E-state index is 0.0649. The molecule has 1 saturated heterocycles. The zero-order chi connectivity index (χ0) is 27.7. The molecule has 8 nitrogen and oxygen atoms in total. The van der Waals surface area contributed by atoms with Gasteiger partial charge in [0.05, 0.1) is 38.7 Å². The van der Waals surface area contributed by atoms with Crippen LogP contribution in [0.5, 0.6) is 0 Å². The summed E-state index contributed by atoms with van der Waals surface area (Å²) >= 11 is 0. The predicted octanol–water partition coefficient (Wildman–Crippen LogP) is 4.07. The minimum atomic E-state index is -2.74. The molecule has 0 radical (unpaired) electrons. The van der Waals surface area contributed by atoms with Crippen LogP contribution in [0.15, 0.2) is 0 Å². The van der Waals surface area contributed by atoms with Crippen LogP contribution in [-0.2, 0) is 19.1 Å². The molecule has 10 heteroatoms. The first kappa shape index (κ1) is 30.4. The average molecular weight is 519 g/mol. The summed E-state index contributed by atoms with van der Waals surface area (Å²) in [6, 6.07) is -1.68. The number of nitrogens with zero attached hydrogens (tertiary/aromatic N) is 3. The van der Waals surface area contributed by atoms with E-state index in [9.17, 15) is 23.2 Å². The standard InChI is InChI=1S/C26H46F2N3O5/c1-10-31(7,8)21(32)20-15-19(16-29(20)23(34)36-24(2,3)4)30(22(33)25(5,6)17-35-9)18-11-13-26(27,28)14-12-18/h18-20H,10-17H2,1-9H3/q+1/t19-,20-/m0/s1. The second-order valence-corrected chi connectivity index (χ2v) is 12.5. The van der Waals surface area contributed by atoms with Crippen LogP contribution in [0, 0.1) is 5.41 Å². The van der Waals surface area contributed by atoms with Gasteiger partial charge in [-0.2, -0.15) is 0 Å². The van der Waals surface area contributed by atoms with E-state index in [1.807, 2.05) is 6.92 Å². The fourth-order valence-corrected chi connectivity index (χ4v) is 5.04. The number of rotatable bonds is 7. The average Bonchev–Trinajstić information content (AvgIpc) is 3.18. The fraction of sp³-hybridized carbons (Fsp3) is 0.885. The van der Waals surface area contributed by atoms with E-state index >= 15 is 0 Å². The highest BCUT2D eigenvalue weighted by Crippen LogP contribution is 2.39. The first-order valence-electron chi connectivity index (χ1n) is 12.9. The monoisotopic (exact) mass is 518 g/mol. The van der Waals surface area contributed by atoms with E-state index in [0.717, 1.165) is 0 Å². The second-order valence-electron chi connectivity index (χ2n) is 12.5. The van der Waals surface area contributed by atoms with Crippen LogP contribution in [0.3, 0.4) is 0 Å². The number of halogens is 2. The third-order valence-corrected chi connectivity index (χ3v) is 7.37. The third-order valence-electron chi connectivity index (χ3n) is 7.37. The highest BCUT2D eigenvalue weighted by atomic mass is 19.3. The summed E-state index contributed by atoms with van der Waals surface area (Å²) in [4.78, 5) is 43.8. The van der Waals surface area contributed by atoms with E-state index in [4.69, 9.17) is 9.47 Å². The predicted molar refractivity (Wildman–Crippen MR) is 132 cm³/mol. The molecule has 0 bridgehead atoms. The highest BCUT2D eigenvalue weighted by Gasteiger charge is 2.52. The maximum Gasteiger partial charge on any atom is 0.411 e. The maximum absolute atomic E-state index is 14.0. The SMILES string of the molecule is CC[N+](C)(C)C(=O)[C@@H]1C[C@H](N(C(=O)C(C)(C)COC)C2CCC(F)(F)CC2)CN1C(=O)OC(C)(C)C. The Balaban J connectivity index is 2.47. The Morgan fingerprint density at radius 1 is 1.06 bits per heavy atom. The van der Waals surface area contributed by atoms with Crippen molar-refractivity contribution in [3.8, 4) is 0 Å². The Morgan fingerprint density at radius 3 is 2.08 bits per heavy atom. The van der Waals surface area contributed by atoms with Crippen molar-refractivity contribution in [2.75, 3.05) is 40.9 Å². The number of methoxy groups -OCH3 is 1. The van der Waals surface area contributed by atoms with E-state index in [-0.39, 0.29) is 61.6 Å². The Morgan fingerprint density at radius 2 is 1.61 bits per heavy atom. The number of carbonyl (C=O) groups is 3. The van der Waals surface area contributed by atoms with E-state index < -0.39 is 41.2 Å². The number of hydrogen-bond acceptors (Lipinski definition) is 5. The largest absolute Gasteiger partial charge is 0.444 e. The molecule has 1 aliphatic carbocycles. The van der Waals surface area contributed by atoms with Crippen LogP contribution in [-0.4, -0.2) is 103 Å². The number of hydrogen-bond donors (Lipinski definition) is 0. The van der Waals surface area contributed by atoms with Gasteiger partial charge < -0.3 is 14.4 Å². The van der Waals surface area contributed by atoms with Crippen molar-refractivity contribution in [1.82, 2.24) is 9.80 Å². The quantitative estimate of drug-likeness (QED) is 0.475. The highest BCUT2D eigenvalue weighted by molar-refractivity contribution is 5.85. The Labute approximate surface area is 214 Å². The molecule has 0 aromatic rings. The molecule has 0 unspecified atom stereocenters. The van der Waals surface area contributed by atoms with E-state index in [1.165, 1.54) is 12.0 Å². The first-order valence-corrected chi connectivity index (χ1v) is 12.9. The van der Waals surface area contributed by atoms with Crippen LogP contribution in [0.25, 0.3) is 0 Å². The molecule has 1 aliphatic heterocycles. The second kappa shape index (κ2) is 10.9. The topological polar surface area (TPSA) is 76.2 Å². The van der Waals surface area contributed by atoms with Crippen LogP contribution in [0.1, 0.15) is 73.6 Å². The lowest BCUT2D eigenvalue weighted by atomic mass is 9.86. The van der Waals surface area contributed by atoms with Crippen LogP contribution < -0.4 is 0 Å². The molecule has 208 valence electrons. The number of alkyl halides is 2. The molecular weight excluding hydrogens is 472 g/mol. The molecule has 0 spiro atoms. The van der Waals surface area contributed by atoms with Crippen molar-refractivity contribution in [2.45, 2.75) is 103 Å². The van der Waals surface area contributed by atoms with Crippen LogP contribution in [0.2, 0.25) is 0 Å². The summed E-state index contributed by atoms with van der Waals surface area (Å²) in [6.45, 7) is 11.5.